The third-order valence-electron chi connectivity index (χ3n) is 2.93. The van der Waals surface area contributed by atoms with Crippen molar-refractivity contribution in [2.75, 3.05) is 0 Å². The third kappa shape index (κ3) is 1.75. The Kier molecular flexibility index (Phi) is 2.36. The van der Waals surface area contributed by atoms with Gasteiger partial charge in [-0.1, -0.05) is 0 Å². The zero-order chi connectivity index (χ0) is 9.26. The first-order valence-corrected chi connectivity index (χ1v) is 4.93. The van der Waals surface area contributed by atoms with Crippen LogP contribution < -0.4 is 5.73 Å². The Morgan fingerprint density at radius 2 is 2.08 bits per heavy atom. The van der Waals surface area contributed by atoms with E-state index >= 15 is 0 Å². The molecule has 3 nitrogen and oxygen atoms in total. The first kappa shape index (κ1) is 8.75. The van der Waals surface area contributed by atoms with Crippen LogP contribution in [0.2, 0.25) is 0 Å². The molecule has 0 spiro atoms. The Labute approximate surface area is 78.3 Å². The summed E-state index contributed by atoms with van der Waals surface area (Å²) >= 11 is 0. The van der Waals surface area contributed by atoms with Gasteiger partial charge in [0.25, 0.3) is 0 Å². The van der Waals surface area contributed by atoms with E-state index in [9.17, 15) is 0 Å². The second-order valence-corrected chi connectivity index (χ2v) is 3.91. The topological polar surface area (TPSA) is 52.0 Å². The maximum absolute atomic E-state index is 5.84. The molecule has 1 heterocycles. The Morgan fingerprint density at radius 3 is 2.62 bits per heavy atom. The summed E-state index contributed by atoms with van der Waals surface area (Å²) in [5.74, 6) is 1.63. The smallest absolute Gasteiger partial charge is 0.181 e. The zero-order valence-electron chi connectivity index (χ0n) is 7.99. The van der Waals surface area contributed by atoms with Crippen molar-refractivity contribution in [3.05, 3.63) is 17.8 Å². The van der Waals surface area contributed by atoms with Gasteiger partial charge in [0.1, 0.15) is 5.76 Å². The highest BCUT2D eigenvalue weighted by Gasteiger charge is 2.23. The minimum atomic E-state index is 0.402. The summed E-state index contributed by atoms with van der Waals surface area (Å²) in [5.41, 5.74) is 6.88. The SMILES string of the molecule is Cc1ncoc1C1CCC(N)CC1. The largest absolute Gasteiger partial charge is 0.448 e. The van der Waals surface area contributed by atoms with E-state index in [0.29, 0.717) is 12.0 Å². The van der Waals surface area contributed by atoms with E-state index in [1.807, 2.05) is 6.92 Å². The number of nitrogens with two attached hydrogens (primary N) is 1. The van der Waals surface area contributed by atoms with Crippen molar-refractivity contribution in [2.24, 2.45) is 5.73 Å². The van der Waals surface area contributed by atoms with Gasteiger partial charge in [-0.25, -0.2) is 4.98 Å². The molecule has 2 rings (SSSR count). The maximum Gasteiger partial charge on any atom is 0.181 e. The van der Waals surface area contributed by atoms with Crippen molar-refractivity contribution in [2.45, 2.75) is 44.6 Å². The average molecular weight is 180 g/mol. The van der Waals surface area contributed by atoms with Crippen molar-refractivity contribution in [1.82, 2.24) is 4.98 Å². The summed E-state index contributed by atoms with van der Waals surface area (Å²) in [6, 6.07) is 0.402. The summed E-state index contributed by atoms with van der Waals surface area (Å²) in [7, 11) is 0. The summed E-state index contributed by atoms with van der Waals surface area (Å²) in [5, 5.41) is 0. The normalized spacial score (nSPS) is 29.1. The van der Waals surface area contributed by atoms with E-state index in [-0.39, 0.29) is 0 Å². The standard InChI is InChI=1S/C10H16N2O/c1-7-10(13-6-12-7)8-2-4-9(11)5-3-8/h6,8-9H,2-5,11H2,1H3. The molecule has 0 unspecified atom stereocenters. The lowest BCUT2D eigenvalue weighted by molar-refractivity contribution is 0.346. The molecule has 0 amide bonds. The van der Waals surface area contributed by atoms with Gasteiger partial charge in [-0.2, -0.15) is 0 Å². The lowest BCUT2D eigenvalue weighted by Gasteiger charge is -2.24. The molecule has 0 radical (unpaired) electrons. The number of hydrogen-bond acceptors (Lipinski definition) is 3. The molecule has 3 heteroatoms. The van der Waals surface area contributed by atoms with Gasteiger partial charge < -0.3 is 10.2 Å². The Balaban J connectivity index is 2.06. The van der Waals surface area contributed by atoms with Gasteiger partial charge in [0.2, 0.25) is 0 Å². The maximum atomic E-state index is 5.84. The fourth-order valence-corrected chi connectivity index (χ4v) is 2.08. The quantitative estimate of drug-likeness (QED) is 0.718. The summed E-state index contributed by atoms with van der Waals surface area (Å²) < 4.78 is 5.39. The van der Waals surface area contributed by atoms with Crippen LogP contribution in [0.15, 0.2) is 10.8 Å². The molecule has 1 aromatic rings. The van der Waals surface area contributed by atoms with Gasteiger partial charge >= 0.3 is 0 Å². The van der Waals surface area contributed by atoms with Crippen LogP contribution >= 0.6 is 0 Å². The van der Waals surface area contributed by atoms with Crippen molar-refractivity contribution >= 4 is 0 Å². The van der Waals surface area contributed by atoms with Crippen molar-refractivity contribution in [3.8, 4) is 0 Å². The van der Waals surface area contributed by atoms with Crippen molar-refractivity contribution < 1.29 is 4.42 Å². The molecule has 0 bridgehead atoms. The fourth-order valence-electron chi connectivity index (χ4n) is 2.08. The first-order chi connectivity index (χ1) is 6.27. The van der Waals surface area contributed by atoms with E-state index < -0.39 is 0 Å². The van der Waals surface area contributed by atoms with Crippen LogP contribution in [-0.2, 0) is 0 Å². The molecule has 0 saturated heterocycles. The minimum absolute atomic E-state index is 0.402. The molecule has 1 aromatic heterocycles. The highest BCUT2D eigenvalue weighted by Crippen LogP contribution is 2.33. The predicted molar refractivity (Wildman–Crippen MR) is 50.4 cm³/mol. The molecule has 1 saturated carbocycles. The summed E-state index contributed by atoms with van der Waals surface area (Å²) in [6.45, 7) is 2.01. The van der Waals surface area contributed by atoms with E-state index in [4.69, 9.17) is 10.2 Å². The lowest BCUT2D eigenvalue weighted by atomic mass is 9.84. The highest BCUT2D eigenvalue weighted by atomic mass is 16.3. The van der Waals surface area contributed by atoms with Crippen LogP contribution in [0.5, 0.6) is 0 Å². The number of oxazole rings is 1. The number of hydrogen-bond donors (Lipinski definition) is 1. The second-order valence-electron chi connectivity index (χ2n) is 3.91. The van der Waals surface area contributed by atoms with E-state index in [1.165, 1.54) is 0 Å². The summed E-state index contributed by atoms with van der Waals surface area (Å²) in [6.07, 6.45) is 6.07. The van der Waals surface area contributed by atoms with E-state index in [2.05, 4.69) is 4.98 Å². The van der Waals surface area contributed by atoms with E-state index in [1.54, 1.807) is 6.39 Å². The van der Waals surface area contributed by atoms with Gasteiger partial charge in [0.05, 0.1) is 5.69 Å². The van der Waals surface area contributed by atoms with Gasteiger partial charge in [-0.05, 0) is 32.6 Å². The third-order valence-corrected chi connectivity index (χ3v) is 2.93. The number of aryl methyl sites for hydroxylation is 1. The molecule has 2 N–H and O–H groups in total. The van der Waals surface area contributed by atoms with Crippen LogP contribution in [0.1, 0.15) is 43.1 Å². The van der Waals surface area contributed by atoms with Crippen LogP contribution in [-0.4, -0.2) is 11.0 Å². The molecule has 0 aliphatic heterocycles. The fraction of sp³-hybridized carbons (Fsp3) is 0.700. The molecule has 0 atom stereocenters. The lowest BCUT2D eigenvalue weighted by Crippen LogP contribution is -2.25. The van der Waals surface area contributed by atoms with Crippen molar-refractivity contribution in [3.63, 3.8) is 0 Å². The highest BCUT2D eigenvalue weighted by molar-refractivity contribution is 5.11. The Hall–Kier alpha value is -0.830. The summed E-state index contributed by atoms with van der Waals surface area (Å²) in [4.78, 5) is 4.11. The van der Waals surface area contributed by atoms with Gasteiger partial charge in [0, 0.05) is 12.0 Å². The molecular formula is C10H16N2O. The van der Waals surface area contributed by atoms with Crippen LogP contribution in [0, 0.1) is 6.92 Å². The molecule has 1 aliphatic rings. The second kappa shape index (κ2) is 3.50. The molecular weight excluding hydrogens is 164 g/mol. The molecule has 1 aliphatic carbocycles. The number of nitrogens with zero attached hydrogens (tertiary/aromatic N) is 1. The van der Waals surface area contributed by atoms with Gasteiger partial charge in [-0.15, -0.1) is 0 Å². The van der Waals surface area contributed by atoms with Crippen LogP contribution in [0.4, 0.5) is 0 Å². The Morgan fingerprint density at radius 1 is 1.38 bits per heavy atom. The van der Waals surface area contributed by atoms with Gasteiger partial charge in [-0.3, -0.25) is 0 Å². The monoisotopic (exact) mass is 180 g/mol. The molecule has 13 heavy (non-hydrogen) atoms. The predicted octanol–water partition coefficient (Wildman–Crippen LogP) is 1.97. The number of rotatable bonds is 1. The Bertz CT molecular complexity index is 274. The molecule has 72 valence electrons. The van der Waals surface area contributed by atoms with Crippen LogP contribution in [0.3, 0.4) is 0 Å². The number of aromatic nitrogens is 1. The van der Waals surface area contributed by atoms with E-state index in [0.717, 1.165) is 37.1 Å². The molecule has 1 fully saturated rings. The minimum Gasteiger partial charge on any atom is -0.448 e. The van der Waals surface area contributed by atoms with Crippen LogP contribution in [0.25, 0.3) is 0 Å². The zero-order valence-corrected chi connectivity index (χ0v) is 7.99. The molecule has 0 aromatic carbocycles. The van der Waals surface area contributed by atoms with Crippen molar-refractivity contribution in [1.29, 1.82) is 0 Å². The average Bonchev–Trinajstić information content (AvgIpc) is 2.53. The first-order valence-electron chi connectivity index (χ1n) is 4.93. The van der Waals surface area contributed by atoms with Gasteiger partial charge in [0.15, 0.2) is 6.39 Å².